The summed E-state index contributed by atoms with van der Waals surface area (Å²) in [5, 5.41) is 8.90. The molecule has 3 nitrogen and oxygen atoms in total. The molecule has 0 amide bonds. The summed E-state index contributed by atoms with van der Waals surface area (Å²) in [5.74, 6) is 6.15. The lowest BCUT2D eigenvalue weighted by molar-refractivity contribution is 0.276. The van der Waals surface area contributed by atoms with Crippen LogP contribution < -0.4 is 5.73 Å². The van der Waals surface area contributed by atoms with Crippen LogP contribution in [0.5, 0.6) is 0 Å². The molecule has 2 rings (SSSR count). The third kappa shape index (κ3) is 3.92. The first-order valence-electron chi connectivity index (χ1n) is 6.18. The van der Waals surface area contributed by atoms with Gasteiger partial charge < -0.3 is 10.8 Å². The highest BCUT2D eigenvalue weighted by molar-refractivity contribution is 5.43. The summed E-state index contributed by atoms with van der Waals surface area (Å²) in [6.45, 7) is 0.0900. The van der Waals surface area contributed by atoms with Crippen molar-refractivity contribution in [1.82, 2.24) is 4.98 Å². The normalized spacial score (nSPS) is 11.5. The highest BCUT2D eigenvalue weighted by atomic mass is 16.3. The number of nitrogens with zero attached hydrogens (tertiary/aromatic N) is 1. The highest BCUT2D eigenvalue weighted by Gasteiger charge is 2.04. The zero-order valence-corrected chi connectivity index (χ0v) is 10.6. The van der Waals surface area contributed by atoms with Crippen molar-refractivity contribution < 1.29 is 5.11 Å². The Kier molecular flexibility index (Phi) is 4.68. The van der Waals surface area contributed by atoms with E-state index in [4.69, 9.17) is 10.8 Å². The molecular formula is C16H16N2O. The molecule has 0 aliphatic rings. The van der Waals surface area contributed by atoms with Gasteiger partial charge in [-0.15, -0.1) is 0 Å². The molecule has 1 aromatic heterocycles. The molecule has 0 saturated carbocycles. The minimum atomic E-state index is -0.148. The first kappa shape index (κ1) is 13.3. The van der Waals surface area contributed by atoms with Gasteiger partial charge in [0, 0.05) is 36.2 Å². The van der Waals surface area contributed by atoms with Crippen molar-refractivity contribution >= 4 is 0 Å². The van der Waals surface area contributed by atoms with E-state index in [1.165, 1.54) is 0 Å². The molecular weight excluding hydrogens is 236 g/mol. The average Bonchev–Trinajstić information content (AvgIpc) is 2.47. The maximum absolute atomic E-state index is 8.90. The summed E-state index contributed by atoms with van der Waals surface area (Å²) in [4.78, 5) is 4.02. The Labute approximate surface area is 113 Å². The Balaban J connectivity index is 2.18. The van der Waals surface area contributed by atoms with Crippen molar-refractivity contribution in [3.05, 3.63) is 65.5 Å². The van der Waals surface area contributed by atoms with Crippen molar-refractivity contribution in [2.24, 2.45) is 5.73 Å². The zero-order chi connectivity index (χ0) is 13.5. The van der Waals surface area contributed by atoms with Gasteiger partial charge in [-0.2, -0.15) is 0 Å². The molecule has 2 aromatic rings. The number of rotatable bonds is 3. The van der Waals surface area contributed by atoms with Crippen molar-refractivity contribution in [2.75, 3.05) is 6.61 Å². The molecule has 0 saturated heterocycles. The van der Waals surface area contributed by atoms with Gasteiger partial charge in [0.1, 0.15) is 0 Å². The van der Waals surface area contributed by atoms with Crippen molar-refractivity contribution in [2.45, 2.75) is 12.5 Å². The van der Waals surface area contributed by atoms with E-state index < -0.39 is 0 Å². The standard InChI is InChI=1S/C16H16N2O/c17-16(8-10-19)15-5-1-3-13(11-15)6-7-14-4-2-9-18-12-14/h1-5,9,11-12,16,19H,8,10,17H2. The molecule has 0 aliphatic heterocycles. The SMILES string of the molecule is NC(CCO)c1cccc(C#Cc2cccnc2)c1. The number of aliphatic hydroxyl groups excluding tert-OH is 1. The maximum atomic E-state index is 8.90. The highest BCUT2D eigenvalue weighted by Crippen LogP contribution is 2.14. The van der Waals surface area contributed by atoms with E-state index in [0.717, 1.165) is 16.7 Å². The van der Waals surface area contributed by atoms with E-state index in [0.29, 0.717) is 6.42 Å². The Morgan fingerprint density at radius 2 is 1.95 bits per heavy atom. The van der Waals surface area contributed by atoms with Gasteiger partial charge >= 0.3 is 0 Å². The Morgan fingerprint density at radius 1 is 1.16 bits per heavy atom. The van der Waals surface area contributed by atoms with Crippen LogP contribution in [-0.2, 0) is 0 Å². The zero-order valence-electron chi connectivity index (χ0n) is 10.6. The van der Waals surface area contributed by atoms with E-state index in [-0.39, 0.29) is 12.6 Å². The number of pyridine rings is 1. The summed E-state index contributed by atoms with van der Waals surface area (Å²) >= 11 is 0. The second-order valence-electron chi connectivity index (χ2n) is 4.24. The summed E-state index contributed by atoms with van der Waals surface area (Å²) in [5.41, 5.74) is 8.75. The second kappa shape index (κ2) is 6.69. The minimum Gasteiger partial charge on any atom is -0.396 e. The van der Waals surface area contributed by atoms with Gasteiger partial charge in [0.15, 0.2) is 0 Å². The molecule has 0 aliphatic carbocycles. The lowest BCUT2D eigenvalue weighted by Crippen LogP contribution is -2.11. The van der Waals surface area contributed by atoms with E-state index in [9.17, 15) is 0 Å². The fourth-order valence-electron chi connectivity index (χ4n) is 1.73. The number of aliphatic hydroxyl groups is 1. The van der Waals surface area contributed by atoms with Crippen molar-refractivity contribution in [1.29, 1.82) is 0 Å². The van der Waals surface area contributed by atoms with Gasteiger partial charge in [0.25, 0.3) is 0 Å². The largest absolute Gasteiger partial charge is 0.396 e. The number of aromatic nitrogens is 1. The van der Waals surface area contributed by atoms with Gasteiger partial charge in [-0.05, 0) is 36.2 Å². The van der Waals surface area contributed by atoms with Gasteiger partial charge in [-0.25, -0.2) is 0 Å². The van der Waals surface area contributed by atoms with Gasteiger partial charge in [-0.3, -0.25) is 4.98 Å². The number of hydrogen-bond donors (Lipinski definition) is 2. The van der Waals surface area contributed by atoms with Gasteiger partial charge in [0.05, 0.1) is 0 Å². The average molecular weight is 252 g/mol. The van der Waals surface area contributed by atoms with Crippen molar-refractivity contribution in [3.63, 3.8) is 0 Å². The molecule has 1 aromatic carbocycles. The van der Waals surface area contributed by atoms with Crippen LogP contribution in [0.25, 0.3) is 0 Å². The first-order chi connectivity index (χ1) is 9.29. The third-order valence-electron chi connectivity index (χ3n) is 2.77. The third-order valence-corrected chi connectivity index (χ3v) is 2.77. The topological polar surface area (TPSA) is 59.1 Å². The molecule has 1 atom stereocenters. The van der Waals surface area contributed by atoms with E-state index >= 15 is 0 Å². The van der Waals surface area contributed by atoms with Crippen LogP contribution in [0.3, 0.4) is 0 Å². The summed E-state index contributed by atoms with van der Waals surface area (Å²) in [7, 11) is 0. The van der Waals surface area contributed by atoms with E-state index in [2.05, 4.69) is 16.8 Å². The van der Waals surface area contributed by atoms with Crippen LogP contribution in [0, 0.1) is 11.8 Å². The summed E-state index contributed by atoms with van der Waals surface area (Å²) in [6, 6.07) is 11.4. The molecule has 96 valence electrons. The van der Waals surface area contributed by atoms with E-state index in [1.54, 1.807) is 12.4 Å². The fourth-order valence-corrected chi connectivity index (χ4v) is 1.73. The lowest BCUT2D eigenvalue weighted by atomic mass is 10.0. The Morgan fingerprint density at radius 3 is 2.68 bits per heavy atom. The van der Waals surface area contributed by atoms with Crippen LogP contribution >= 0.6 is 0 Å². The molecule has 0 fully saturated rings. The summed E-state index contributed by atoms with van der Waals surface area (Å²) in [6.07, 6.45) is 4.01. The fraction of sp³-hybridized carbons (Fsp3) is 0.188. The number of nitrogens with two attached hydrogens (primary N) is 1. The number of benzene rings is 1. The predicted octanol–water partition coefficient (Wildman–Crippen LogP) is 1.86. The van der Waals surface area contributed by atoms with Gasteiger partial charge in [0.2, 0.25) is 0 Å². The second-order valence-corrected chi connectivity index (χ2v) is 4.24. The minimum absolute atomic E-state index is 0.0900. The van der Waals surface area contributed by atoms with Crippen LogP contribution in [0.15, 0.2) is 48.8 Å². The quantitative estimate of drug-likeness (QED) is 0.820. The van der Waals surface area contributed by atoms with Gasteiger partial charge in [-0.1, -0.05) is 24.0 Å². The monoisotopic (exact) mass is 252 g/mol. The van der Waals surface area contributed by atoms with Crippen LogP contribution in [0.2, 0.25) is 0 Å². The molecule has 0 spiro atoms. The Bertz CT molecular complexity index is 584. The van der Waals surface area contributed by atoms with Crippen LogP contribution in [0.1, 0.15) is 29.2 Å². The molecule has 0 bridgehead atoms. The molecule has 1 unspecified atom stereocenters. The molecule has 19 heavy (non-hydrogen) atoms. The molecule has 0 radical (unpaired) electrons. The van der Waals surface area contributed by atoms with Crippen LogP contribution in [-0.4, -0.2) is 16.7 Å². The first-order valence-corrected chi connectivity index (χ1v) is 6.18. The number of hydrogen-bond acceptors (Lipinski definition) is 3. The molecule has 3 N–H and O–H groups in total. The molecule has 3 heteroatoms. The van der Waals surface area contributed by atoms with Crippen molar-refractivity contribution in [3.8, 4) is 11.8 Å². The smallest absolute Gasteiger partial charge is 0.0449 e. The maximum Gasteiger partial charge on any atom is 0.0449 e. The molecule has 1 heterocycles. The summed E-state index contributed by atoms with van der Waals surface area (Å²) < 4.78 is 0. The Hall–Kier alpha value is -2.15. The van der Waals surface area contributed by atoms with E-state index in [1.807, 2.05) is 36.4 Å². The predicted molar refractivity (Wildman–Crippen MR) is 75.3 cm³/mol. The lowest BCUT2D eigenvalue weighted by Gasteiger charge is -2.10. The van der Waals surface area contributed by atoms with Crippen LogP contribution in [0.4, 0.5) is 0 Å².